The van der Waals surface area contributed by atoms with Gasteiger partial charge in [-0.15, -0.1) is 0 Å². The van der Waals surface area contributed by atoms with Crippen LogP contribution in [0.3, 0.4) is 0 Å². The van der Waals surface area contributed by atoms with Crippen LogP contribution >= 0.6 is 0 Å². The highest BCUT2D eigenvalue weighted by molar-refractivity contribution is 5.50. The van der Waals surface area contributed by atoms with Crippen molar-refractivity contribution in [2.45, 2.75) is 41.2 Å². The first kappa shape index (κ1) is 18.0. The number of aryl methyl sites for hydroxylation is 1. The van der Waals surface area contributed by atoms with Crippen LogP contribution in [0.5, 0.6) is 0 Å². The summed E-state index contributed by atoms with van der Waals surface area (Å²) in [5.74, 6) is 0.693. The molecule has 0 aliphatic rings. The fourth-order valence-electron chi connectivity index (χ4n) is 2.36. The summed E-state index contributed by atoms with van der Waals surface area (Å²) in [7, 11) is 0. The predicted octanol–water partition coefficient (Wildman–Crippen LogP) is 3.60. The van der Waals surface area contributed by atoms with E-state index in [0.29, 0.717) is 5.92 Å². The number of benzene rings is 1. The van der Waals surface area contributed by atoms with Gasteiger partial charge >= 0.3 is 0 Å². The van der Waals surface area contributed by atoms with Gasteiger partial charge in [0.15, 0.2) is 0 Å². The average molecular weight is 292 g/mol. The Morgan fingerprint density at radius 3 is 2.57 bits per heavy atom. The minimum Gasteiger partial charge on any atom is -0.380 e. The van der Waals surface area contributed by atoms with Gasteiger partial charge in [0.2, 0.25) is 0 Å². The van der Waals surface area contributed by atoms with Crippen molar-refractivity contribution in [2.24, 2.45) is 5.92 Å². The SMILES string of the molecule is CCOCCN(CC)c1ccc(CNCC(C)C)c(C)c1. The van der Waals surface area contributed by atoms with Crippen LogP contribution in [0.1, 0.15) is 38.8 Å². The normalized spacial score (nSPS) is 11.1. The Morgan fingerprint density at radius 1 is 1.24 bits per heavy atom. The fraction of sp³-hybridized carbons (Fsp3) is 0.667. The maximum absolute atomic E-state index is 5.47. The number of likely N-dealkylation sites (N-methyl/N-ethyl adjacent to an activating group) is 1. The molecule has 0 aliphatic heterocycles. The Hall–Kier alpha value is -1.06. The Morgan fingerprint density at radius 2 is 2.00 bits per heavy atom. The maximum atomic E-state index is 5.47. The summed E-state index contributed by atoms with van der Waals surface area (Å²) < 4.78 is 5.47. The van der Waals surface area contributed by atoms with Gasteiger partial charge in [0, 0.05) is 31.9 Å². The molecule has 0 saturated heterocycles. The predicted molar refractivity (Wildman–Crippen MR) is 92.1 cm³/mol. The Kier molecular flexibility index (Phi) is 8.40. The molecule has 0 spiro atoms. The third-order valence-electron chi connectivity index (χ3n) is 3.65. The fourth-order valence-corrected chi connectivity index (χ4v) is 2.36. The number of nitrogens with zero attached hydrogens (tertiary/aromatic N) is 1. The number of nitrogens with one attached hydrogen (secondary N) is 1. The lowest BCUT2D eigenvalue weighted by molar-refractivity contribution is 0.154. The topological polar surface area (TPSA) is 24.5 Å². The molecule has 3 nitrogen and oxygen atoms in total. The van der Waals surface area contributed by atoms with Gasteiger partial charge in [0.05, 0.1) is 6.61 Å². The molecule has 0 unspecified atom stereocenters. The van der Waals surface area contributed by atoms with E-state index in [4.69, 9.17) is 4.74 Å². The van der Waals surface area contributed by atoms with Crippen molar-refractivity contribution in [2.75, 3.05) is 37.7 Å². The van der Waals surface area contributed by atoms with Gasteiger partial charge in [-0.1, -0.05) is 19.9 Å². The molecule has 1 N–H and O–H groups in total. The van der Waals surface area contributed by atoms with Gasteiger partial charge in [0.1, 0.15) is 0 Å². The highest BCUT2D eigenvalue weighted by Crippen LogP contribution is 2.19. The maximum Gasteiger partial charge on any atom is 0.0641 e. The van der Waals surface area contributed by atoms with Gasteiger partial charge < -0.3 is 15.0 Å². The van der Waals surface area contributed by atoms with Gasteiger partial charge in [-0.3, -0.25) is 0 Å². The summed E-state index contributed by atoms with van der Waals surface area (Å²) in [6.45, 7) is 16.5. The van der Waals surface area contributed by atoms with Crippen LogP contribution in [0.25, 0.3) is 0 Å². The lowest BCUT2D eigenvalue weighted by Crippen LogP contribution is -2.27. The largest absolute Gasteiger partial charge is 0.380 e. The summed E-state index contributed by atoms with van der Waals surface area (Å²) in [5, 5.41) is 3.51. The number of hydrogen-bond acceptors (Lipinski definition) is 3. The van der Waals surface area contributed by atoms with Crippen molar-refractivity contribution in [3.8, 4) is 0 Å². The van der Waals surface area contributed by atoms with Gasteiger partial charge in [-0.2, -0.15) is 0 Å². The molecule has 0 fully saturated rings. The summed E-state index contributed by atoms with van der Waals surface area (Å²) >= 11 is 0. The molecule has 0 radical (unpaired) electrons. The van der Waals surface area contributed by atoms with Crippen LogP contribution in [0.2, 0.25) is 0 Å². The summed E-state index contributed by atoms with van der Waals surface area (Å²) in [5.41, 5.74) is 4.04. The Labute approximate surface area is 130 Å². The number of anilines is 1. The van der Waals surface area contributed by atoms with Crippen LogP contribution < -0.4 is 10.2 Å². The van der Waals surface area contributed by atoms with Crippen molar-refractivity contribution in [1.29, 1.82) is 0 Å². The molecule has 0 amide bonds. The molecular weight excluding hydrogens is 260 g/mol. The van der Waals surface area contributed by atoms with Crippen LogP contribution in [-0.4, -0.2) is 32.8 Å². The van der Waals surface area contributed by atoms with Gasteiger partial charge in [-0.05, 0) is 56.5 Å². The first-order valence-corrected chi connectivity index (χ1v) is 8.21. The molecule has 0 aromatic heterocycles. The van der Waals surface area contributed by atoms with E-state index >= 15 is 0 Å². The molecule has 0 bridgehead atoms. The van der Waals surface area contributed by atoms with Crippen molar-refractivity contribution >= 4 is 5.69 Å². The zero-order valence-corrected chi connectivity index (χ0v) is 14.4. The van der Waals surface area contributed by atoms with Crippen LogP contribution in [0.4, 0.5) is 5.69 Å². The first-order chi connectivity index (χ1) is 10.1. The molecule has 21 heavy (non-hydrogen) atoms. The second kappa shape index (κ2) is 9.80. The van der Waals surface area contributed by atoms with Crippen LogP contribution in [0.15, 0.2) is 18.2 Å². The molecule has 0 saturated carbocycles. The summed E-state index contributed by atoms with van der Waals surface area (Å²) in [6, 6.07) is 6.78. The highest BCUT2D eigenvalue weighted by Gasteiger charge is 2.06. The molecular formula is C18H32N2O. The minimum atomic E-state index is 0.693. The van der Waals surface area contributed by atoms with E-state index in [1.807, 2.05) is 6.92 Å². The smallest absolute Gasteiger partial charge is 0.0641 e. The zero-order chi connectivity index (χ0) is 15.7. The van der Waals surface area contributed by atoms with Crippen LogP contribution in [0, 0.1) is 12.8 Å². The molecule has 1 aromatic carbocycles. The number of rotatable bonds is 10. The van der Waals surface area contributed by atoms with Crippen molar-refractivity contribution in [3.63, 3.8) is 0 Å². The van der Waals surface area contributed by atoms with E-state index < -0.39 is 0 Å². The molecule has 3 heteroatoms. The molecule has 0 aliphatic carbocycles. The van der Waals surface area contributed by atoms with E-state index in [0.717, 1.165) is 39.4 Å². The quantitative estimate of drug-likeness (QED) is 0.667. The molecule has 0 heterocycles. The van der Waals surface area contributed by atoms with E-state index in [1.165, 1.54) is 16.8 Å². The molecule has 120 valence electrons. The molecule has 1 aromatic rings. The summed E-state index contributed by atoms with van der Waals surface area (Å²) in [6.07, 6.45) is 0. The Bertz CT molecular complexity index is 404. The number of ether oxygens (including phenoxy) is 1. The lowest BCUT2D eigenvalue weighted by atomic mass is 10.1. The van der Waals surface area contributed by atoms with Crippen molar-refractivity contribution in [3.05, 3.63) is 29.3 Å². The highest BCUT2D eigenvalue weighted by atomic mass is 16.5. The van der Waals surface area contributed by atoms with Crippen molar-refractivity contribution in [1.82, 2.24) is 5.32 Å². The van der Waals surface area contributed by atoms with E-state index in [2.05, 4.69) is 56.1 Å². The summed E-state index contributed by atoms with van der Waals surface area (Å²) in [4.78, 5) is 2.37. The third kappa shape index (κ3) is 6.49. The lowest BCUT2D eigenvalue weighted by Gasteiger charge is -2.24. The second-order valence-corrected chi connectivity index (χ2v) is 5.91. The third-order valence-corrected chi connectivity index (χ3v) is 3.65. The molecule has 1 rings (SSSR count). The zero-order valence-electron chi connectivity index (χ0n) is 14.4. The van der Waals surface area contributed by atoms with E-state index in [9.17, 15) is 0 Å². The van der Waals surface area contributed by atoms with Gasteiger partial charge in [-0.25, -0.2) is 0 Å². The standard InChI is InChI=1S/C18H32N2O/c1-6-20(10-11-21-7-2)18-9-8-17(16(5)12-18)14-19-13-15(3)4/h8-9,12,15,19H,6-7,10-11,13-14H2,1-5H3. The first-order valence-electron chi connectivity index (χ1n) is 8.21. The monoisotopic (exact) mass is 292 g/mol. The van der Waals surface area contributed by atoms with Crippen molar-refractivity contribution < 1.29 is 4.74 Å². The second-order valence-electron chi connectivity index (χ2n) is 5.91. The van der Waals surface area contributed by atoms with Crippen LogP contribution in [-0.2, 0) is 11.3 Å². The van der Waals surface area contributed by atoms with Gasteiger partial charge in [0.25, 0.3) is 0 Å². The number of hydrogen-bond donors (Lipinski definition) is 1. The average Bonchev–Trinajstić information content (AvgIpc) is 2.45. The molecule has 0 atom stereocenters. The Balaban J connectivity index is 2.62. The minimum absolute atomic E-state index is 0.693. The van der Waals surface area contributed by atoms with E-state index in [-0.39, 0.29) is 0 Å². The van der Waals surface area contributed by atoms with E-state index in [1.54, 1.807) is 0 Å².